The van der Waals surface area contributed by atoms with Crippen molar-refractivity contribution >= 4 is 305 Å². The third kappa shape index (κ3) is 5.41. The number of aromatic nitrogens is 2. The molecule has 0 atom stereocenters. The summed E-state index contributed by atoms with van der Waals surface area (Å²) in [5.41, 5.74) is 36.1. The summed E-state index contributed by atoms with van der Waals surface area (Å²) in [6, 6.07) is 18.5. The number of fused-ring (bicyclic) bond motifs is 10. The minimum absolute atomic E-state index is 0.987. The lowest BCUT2D eigenvalue weighted by Crippen LogP contribution is -2.49. The van der Waals surface area contributed by atoms with Gasteiger partial charge in [-0.25, -0.2) is 0 Å². The highest BCUT2D eigenvalue weighted by Crippen LogP contribution is 2.37. The first kappa shape index (κ1) is 42.1. The molecule has 0 fully saturated rings. The lowest BCUT2D eigenvalue weighted by atomic mass is 9.63. The summed E-state index contributed by atoms with van der Waals surface area (Å²) >= 11 is 0. The molecule has 10 rings (SSSR count). The summed E-state index contributed by atoms with van der Waals surface area (Å²) in [6.45, 7) is 0. The van der Waals surface area contributed by atoms with E-state index in [4.69, 9.17) is 4.42 Å². The van der Waals surface area contributed by atoms with Crippen LogP contribution in [0.2, 0.25) is 0 Å². The molecule has 0 saturated heterocycles. The van der Waals surface area contributed by atoms with Crippen LogP contribution in [-0.4, -0.2) is 150 Å². The number of rotatable bonds is 3. The molecule has 3 nitrogen and oxygen atoms in total. The van der Waals surface area contributed by atoms with E-state index in [0.717, 1.165) is 16.9 Å². The van der Waals surface area contributed by atoms with Gasteiger partial charge in [0, 0.05) is 44.1 Å². The standard InChI is InChI=1S/C42H44B18N2O/c43-19-16-15-22(46)27(51)31(55)35(59)39(15)62(40(16)42-18(23(19)47)17-24(48)28(52)32(56)36(60)41(17)63-42)12-7-3-10(4-8-12)9-1-5-11(6-2-9)61-37-13(20(44)25(49)29(53)33(37)57)14-21(45)26(50)30(54)34(58)38(14)61/h1-8H,43-60H2. The van der Waals surface area contributed by atoms with E-state index in [1.807, 2.05) is 0 Å². The SMILES string of the molecule is Bc1c(B)c(B)c2c(oc3c2c(B)c(B)c2c4c(B)c(B)c(B)c(B)c4n(-c4ccc(-c5ccc(-n6c7c(B)c(B)c(B)c(B)c7c7c(B)c(B)c(B)c(B)c76)cc5)cc4)c32)c1B. The maximum atomic E-state index is 7.20. The van der Waals surface area contributed by atoms with Crippen molar-refractivity contribution in [2.75, 3.05) is 0 Å². The number of nitrogens with zero attached hydrogens (tertiary/aromatic N) is 2. The van der Waals surface area contributed by atoms with Gasteiger partial charge in [-0.3, -0.25) is 0 Å². The van der Waals surface area contributed by atoms with Crippen LogP contribution in [0.3, 0.4) is 0 Å². The average Bonchev–Trinajstić information content (AvgIpc) is 3.98. The summed E-state index contributed by atoms with van der Waals surface area (Å²) in [7, 11) is 41.2. The lowest BCUT2D eigenvalue weighted by Gasteiger charge is -2.17. The van der Waals surface area contributed by atoms with Crippen LogP contribution in [0.15, 0.2) is 52.9 Å². The first-order valence-corrected chi connectivity index (χ1v) is 22.9. The molecule has 63 heavy (non-hydrogen) atoms. The second kappa shape index (κ2) is 14.3. The smallest absolute Gasteiger partial charge is 0.159 e. The van der Waals surface area contributed by atoms with Crippen LogP contribution in [0.1, 0.15) is 0 Å². The summed E-state index contributed by atoms with van der Waals surface area (Å²) < 4.78 is 12.3. The Morgan fingerprint density at radius 2 is 0.492 bits per heavy atom. The molecule has 0 amide bonds. The Kier molecular flexibility index (Phi) is 9.56. The molecule has 0 aliphatic heterocycles. The Morgan fingerprint density at radius 3 is 0.873 bits per heavy atom. The molecule has 0 unspecified atom stereocenters. The quantitative estimate of drug-likeness (QED) is 0.164. The summed E-state index contributed by atoms with van der Waals surface area (Å²) in [6.07, 6.45) is 0. The van der Waals surface area contributed by atoms with E-state index < -0.39 is 0 Å². The highest BCUT2D eigenvalue weighted by Gasteiger charge is 2.28. The van der Waals surface area contributed by atoms with Gasteiger partial charge in [-0.15, -0.1) is 21.9 Å². The van der Waals surface area contributed by atoms with Crippen LogP contribution in [-0.2, 0) is 0 Å². The zero-order valence-corrected chi connectivity index (χ0v) is 40.9. The number of furan rings is 1. The topological polar surface area (TPSA) is 23.0 Å². The van der Waals surface area contributed by atoms with Crippen LogP contribution < -0.4 is 98.3 Å². The molecule has 3 aromatic heterocycles. The molecule has 0 aliphatic carbocycles. The molecule has 0 spiro atoms. The molecule has 10 aromatic rings. The van der Waals surface area contributed by atoms with E-state index in [0.29, 0.717) is 0 Å². The van der Waals surface area contributed by atoms with E-state index in [9.17, 15) is 0 Å². The van der Waals surface area contributed by atoms with Gasteiger partial charge in [0.25, 0.3) is 0 Å². The van der Waals surface area contributed by atoms with Crippen LogP contribution >= 0.6 is 0 Å². The van der Waals surface area contributed by atoms with Crippen LogP contribution in [0.4, 0.5) is 0 Å². The van der Waals surface area contributed by atoms with Crippen LogP contribution in [0.25, 0.3) is 88.1 Å². The summed E-state index contributed by atoms with van der Waals surface area (Å²) in [5.74, 6) is 0. The first-order chi connectivity index (χ1) is 29.8. The molecule has 0 N–H and O–H groups in total. The van der Waals surface area contributed by atoms with Crippen molar-refractivity contribution in [3.8, 4) is 22.5 Å². The van der Waals surface area contributed by atoms with Crippen molar-refractivity contribution in [3.63, 3.8) is 0 Å². The number of hydrogen-bond donors (Lipinski definition) is 0. The van der Waals surface area contributed by atoms with Crippen molar-refractivity contribution in [1.29, 1.82) is 0 Å². The maximum absolute atomic E-state index is 7.20. The maximum Gasteiger partial charge on any atom is 0.159 e. The van der Waals surface area contributed by atoms with E-state index in [1.165, 1.54) is 170 Å². The lowest BCUT2D eigenvalue weighted by molar-refractivity contribution is 0.674. The van der Waals surface area contributed by atoms with Crippen LogP contribution in [0, 0.1) is 0 Å². The Hall–Kier alpha value is -4.89. The average molecular weight is 787 g/mol. The monoisotopic (exact) mass is 791 g/mol. The molecule has 3 heterocycles. The van der Waals surface area contributed by atoms with Gasteiger partial charge in [-0.2, -0.15) is 0 Å². The molecule has 0 saturated carbocycles. The fraction of sp³-hybridized carbons (Fsp3) is 0. The highest BCUT2D eigenvalue weighted by atomic mass is 16.3. The van der Waals surface area contributed by atoms with Gasteiger partial charge in [0.2, 0.25) is 0 Å². The summed E-state index contributed by atoms with van der Waals surface area (Å²) in [4.78, 5) is 0. The molecule has 282 valence electrons. The van der Waals surface area contributed by atoms with Crippen LogP contribution in [0.5, 0.6) is 0 Å². The summed E-state index contributed by atoms with van der Waals surface area (Å²) in [5, 5.41) is 7.95. The third-order valence-electron chi connectivity index (χ3n) is 17.0. The van der Waals surface area contributed by atoms with Crippen molar-refractivity contribution in [2.24, 2.45) is 0 Å². The van der Waals surface area contributed by atoms with Gasteiger partial charge in [0.05, 0.1) is 5.52 Å². The minimum atomic E-state index is 0.987. The molecule has 7 aromatic carbocycles. The molecule has 0 aliphatic rings. The highest BCUT2D eigenvalue weighted by molar-refractivity contribution is 6.73. The molecule has 21 heteroatoms. The van der Waals surface area contributed by atoms with Gasteiger partial charge in [-0.05, 0) is 51.6 Å². The van der Waals surface area contributed by atoms with Gasteiger partial charge in [0.1, 0.15) is 147 Å². The Labute approximate surface area is 387 Å². The van der Waals surface area contributed by atoms with Crippen molar-refractivity contribution in [3.05, 3.63) is 48.5 Å². The first-order valence-electron chi connectivity index (χ1n) is 22.9. The Balaban J connectivity index is 1.19. The Bertz CT molecular complexity index is 3680. The second-order valence-electron chi connectivity index (χ2n) is 19.4. The fourth-order valence-corrected chi connectivity index (χ4v) is 11.7. The molecular weight excluding hydrogens is 743 g/mol. The van der Waals surface area contributed by atoms with Gasteiger partial charge >= 0.3 is 0 Å². The van der Waals surface area contributed by atoms with E-state index in [1.54, 1.807) is 0 Å². The normalized spacial score (nSPS) is 12.0. The Morgan fingerprint density at radius 1 is 0.238 bits per heavy atom. The van der Waals surface area contributed by atoms with Gasteiger partial charge in [0.15, 0.2) is 5.58 Å². The van der Waals surface area contributed by atoms with E-state index in [2.05, 4.69) is 199 Å². The number of hydrogen-bond acceptors (Lipinski definition) is 1. The predicted molar refractivity (Wildman–Crippen MR) is 335 cm³/mol. The largest absolute Gasteiger partial charge is 0.454 e. The zero-order chi connectivity index (χ0) is 45.1. The van der Waals surface area contributed by atoms with Crippen molar-refractivity contribution in [1.82, 2.24) is 9.13 Å². The van der Waals surface area contributed by atoms with Crippen molar-refractivity contribution < 1.29 is 4.42 Å². The fourth-order valence-electron chi connectivity index (χ4n) is 11.7. The van der Waals surface area contributed by atoms with Gasteiger partial charge < -0.3 is 13.6 Å². The minimum Gasteiger partial charge on any atom is -0.454 e. The predicted octanol–water partition coefficient (Wildman–Crippen LogP) is -19.9. The second-order valence-corrected chi connectivity index (χ2v) is 19.4. The third-order valence-corrected chi connectivity index (χ3v) is 17.0. The van der Waals surface area contributed by atoms with E-state index in [-0.39, 0.29) is 0 Å². The van der Waals surface area contributed by atoms with E-state index >= 15 is 0 Å². The molecule has 0 bridgehead atoms. The van der Waals surface area contributed by atoms with Crippen molar-refractivity contribution in [2.45, 2.75) is 0 Å². The molecular formula is C42H44B18N2O. The van der Waals surface area contributed by atoms with Gasteiger partial charge in [-0.1, -0.05) is 101 Å². The molecule has 0 radical (unpaired) electrons. The zero-order valence-electron chi connectivity index (χ0n) is 40.9. The number of benzene rings is 7.